The number of unbranched alkanes of at least 4 members (excludes halogenated alkanes) is 4. The first-order valence-corrected chi connectivity index (χ1v) is 6.90. The van der Waals surface area contributed by atoms with E-state index >= 15 is 0 Å². The summed E-state index contributed by atoms with van der Waals surface area (Å²) in [7, 11) is 0. The second kappa shape index (κ2) is 7.89. The van der Waals surface area contributed by atoms with Crippen molar-refractivity contribution in [3.05, 3.63) is 21.9 Å². The van der Waals surface area contributed by atoms with Gasteiger partial charge in [-0.2, -0.15) is 0 Å². The highest BCUT2D eigenvalue weighted by molar-refractivity contribution is 7.11. The molecule has 0 aromatic carbocycles. The van der Waals surface area contributed by atoms with Crippen LogP contribution in [0.3, 0.4) is 0 Å². The van der Waals surface area contributed by atoms with Gasteiger partial charge in [0, 0.05) is 16.3 Å². The summed E-state index contributed by atoms with van der Waals surface area (Å²) in [6.07, 6.45) is 6.83. The van der Waals surface area contributed by atoms with E-state index in [0.29, 0.717) is 0 Å². The van der Waals surface area contributed by atoms with Gasteiger partial charge in [0.25, 0.3) is 0 Å². The number of thiophene rings is 1. The Morgan fingerprint density at radius 3 is 2.60 bits per heavy atom. The molecule has 0 radical (unpaired) electrons. The summed E-state index contributed by atoms with van der Waals surface area (Å²) in [5, 5.41) is 3.50. The predicted molar refractivity (Wildman–Crippen MR) is 69.5 cm³/mol. The van der Waals surface area contributed by atoms with Crippen molar-refractivity contribution in [3.63, 3.8) is 0 Å². The van der Waals surface area contributed by atoms with Gasteiger partial charge in [-0.3, -0.25) is 0 Å². The lowest BCUT2D eigenvalue weighted by atomic mass is 10.1. The predicted octanol–water partition coefficient (Wildman–Crippen LogP) is 4.12. The molecule has 0 atom stereocenters. The molecule has 0 fully saturated rings. The molecule has 0 aliphatic heterocycles. The third-order valence-electron chi connectivity index (χ3n) is 2.55. The maximum atomic E-state index is 3.50. The molecule has 1 nitrogen and oxygen atoms in total. The van der Waals surface area contributed by atoms with Crippen LogP contribution in [-0.4, -0.2) is 6.54 Å². The normalized spacial score (nSPS) is 10.8. The molecule has 1 N–H and O–H groups in total. The SMILES string of the molecule is CCCCCCCNCc1ccc(C)s1. The van der Waals surface area contributed by atoms with Crippen LogP contribution in [0, 0.1) is 6.92 Å². The molecule has 1 aromatic rings. The van der Waals surface area contributed by atoms with Crippen LogP contribution in [0.15, 0.2) is 12.1 Å². The van der Waals surface area contributed by atoms with E-state index in [9.17, 15) is 0 Å². The van der Waals surface area contributed by atoms with Crippen LogP contribution < -0.4 is 5.32 Å². The first-order chi connectivity index (χ1) is 7.33. The summed E-state index contributed by atoms with van der Waals surface area (Å²) in [5.74, 6) is 0. The van der Waals surface area contributed by atoms with E-state index in [4.69, 9.17) is 0 Å². The van der Waals surface area contributed by atoms with E-state index in [1.54, 1.807) is 0 Å². The monoisotopic (exact) mass is 225 g/mol. The van der Waals surface area contributed by atoms with Gasteiger partial charge in [-0.25, -0.2) is 0 Å². The lowest BCUT2D eigenvalue weighted by molar-refractivity contribution is 0.585. The summed E-state index contributed by atoms with van der Waals surface area (Å²) in [6.45, 7) is 6.64. The molecule has 0 aliphatic carbocycles. The van der Waals surface area contributed by atoms with Gasteiger partial charge in [0.15, 0.2) is 0 Å². The minimum Gasteiger partial charge on any atom is -0.312 e. The Morgan fingerprint density at radius 2 is 1.93 bits per heavy atom. The third-order valence-corrected chi connectivity index (χ3v) is 3.55. The van der Waals surface area contributed by atoms with Crippen molar-refractivity contribution < 1.29 is 0 Å². The first-order valence-electron chi connectivity index (χ1n) is 6.09. The zero-order chi connectivity index (χ0) is 10.9. The van der Waals surface area contributed by atoms with Crippen LogP contribution in [0.1, 0.15) is 48.8 Å². The molecule has 0 bridgehead atoms. The van der Waals surface area contributed by atoms with Crippen molar-refractivity contribution in [1.82, 2.24) is 5.32 Å². The fourth-order valence-electron chi connectivity index (χ4n) is 1.65. The number of hydrogen-bond acceptors (Lipinski definition) is 2. The van der Waals surface area contributed by atoms with E-state index in [0.717, 1.165) is 6.54 Å². The standard InChI is InChI=1S/C13H23NS/c1-3-4-5-6-7-10-14-11-13-9-8-12(2)15-13/h8-9,14H,3-7,10-11H2,1-2H3. The molecule has 1 heterocycles. The summed E-state index contributed by atoms with van der Waals surface area (Å²) in [6, 6.07) is 4.42. The molecule has 0 aliphatic rings. The van der Waals surface area contributed by atoms with Gasteiger partial charge in [0.05, 0.1) is 0 Å². The smallest absolute Gasteiger partial charge is 0.0299 e. The number of rotatable bonds is 8. The Labute approximate surface area is 97.9 Å². The minimum atomic E-state index is 1.05. The topological polar surface area (TPSA) is 12.0 Å². The van der Waals surface area contributed by atoms with Crippen LogP contribution in [0.2, 0.25) is 0 Å². The fourth-order valence-corrected chi connectivity index (χ4v) is 2.51. The minimum absolute atomic E-state index is 1.05. The Hall–Kier alpha value is -0.340. The largest absolute Gasteiger partial charge is 0.312 e. The average Bonchev–Trinajstić information content (AvgIpc) is 2.63. The van der Waals surface area contributed by atoms with E-state index in [-0.39, 0.29) is 0 Å². The van der Waals surface area contributed by atoms with Crippen LogP contribution in [0.25, 0.3) is 0 Å². The zero-order valence-corrected chi connectivity index (χ0v) is 10.8. The molecular weight excluding hydrogens is 202 g/mol. The van der Waals surface area contributed by atoms with E-state index in [2.05, 4.69) is 31.3 Å². The molecule has 15 heavy (non-hydrogen) atoms. The molecule has 1 rings (SSSR count). The molecule has 2 heteroatoms. The highest BCUT2D eigenvalue weighted by atomic mass is 32.1. The van der Waals surface area contributed by atoms with Crippen LogP contribution in [-0.2, 0) is 6.54 Å². The Bertz CT molecular complexity index is 255. The van der Waals surface area contributed by atoms with Crippen LogP contribution in [0.4, 0.5) is 0 Å². The van der Waals surface area contributed by atoms with Crippen molar-refractivity contribution in [1.29, 1.82) is 0 Å². The number of nitrogens with one attached hydrogen (secondary N) is 1. The van der Waals surface area contributed by atoms with Gasteiger partial charge < -0.3 is 5.32 Å². The quantitative estimate of drug-likeness (QED) is 0.656. The molecule has 1 aromatic heterocycles. The maximum Gasteiger partial charge on any atom is 0.0299 e. The number of aryl methyl sites for hydroxylation is 1. The molecule has 0 saturated carbocycles. The lowest BCUT2D eigenvalue weighted by Gasteiger charge is -2.02. The van der Waals surface area contributed by atoms with Gasteiger partial charge in [-0.05, 0) is 32.0 Å². The molecule has 0 amide bonds. The van der Waals surface area contributed by atoms with Gasteiger partial charge in [0.1, 0.15) is 0 Å². The second-order valence-corrected chi connectivity index (χ2v) is 5.48. The van der Waals surface area contributed by atoms with Gasteiger partial charge in [-0.1, -0.05) is 32.6 Å². The van der Waals surface area contributed by atoms with E-state index < -0.39 is 0 Å². The van der Waals surface area contributed by atoms with E-state index in [1.165, 1.54) is 48.4 Å². The highest BCUT2D eigenvalue weighted by Gasteiger charge is 1.95. The highest BCUT2D eigenvalue weighted by Crippen LogP contribution is 2.14. The average molecular weight is 225 g/mol. The summed E-state index contributed by atoms with van der Waals surface area (Å²) in [4.78, 5) is 2.87. The summed E-state index contributed by atoms with van der Waals surface area (Å²) < 4.78 is 0. The Balaban J connectivity index is 1.93. The maximum absolute atomic E-state index is 3.50. The molecule has 0 saturated heterocycles. The Kier molecular flexibility index (Phi) is 6.69. The number of hydrogen-bond donors (Lipinski definition) is 1. The van der Waals surface area contributed by atoms with Crippen LogP contribution >= 0.6 is 11.3 Å². The van der Waals surface area contributed by atoms with Crippen molar-refractivity contribution in [2.45, 2.75) is 52.5 Å². The lowest BCUT2D eigenvalue weighted by Crippen LogP contribution is -2.13. The first kappa shape index (κ1) is 12.7. The Morgan fingerprint density at radius 1 is 1.13 bits per heavy atom. The van der Waals surface area contributed by atoms with Crippen molar-refractivity contribution in [2.75, 3.05) is 6.54 Å². The second-order valence-electron chi connectivity index (χ2n) is 4.10. The van der Waals surface area contributed by atoms with Gasteiger partial charge >= 0.3 is 0 Å². The van der Waals surface area contributed by atoms with Crippen molar-refractivity contribution in [3.8, 4) is 0 Å². The van der Waals surface area contributed by atoms with Gasteiger partial charge in [0.2, 0.25) is 0 Å². The molecule has 0 spiro atoms. The zero-order valence-electron chi connectivity index (χ0n) is 10.0. The van der Waals surface area contributed by atoms with Crippen molar-refractivity contribution >= 4 is 11.3 Å². The molecule has 0 unspecified atom stereocenters. The van der Waals surface area contributed by atoms with Gasteiger partial charge in [-0.15, -0.1) is 11.3 Å². The van der Waals surface area contributed by atoms with E-state index in [1.807, 2.05) is 11.3 Å². The summed E-state index contributed by atoms with van der Waals surface area (Å²) >= 11 is 1.90. The fraction of sp³-hybridized carbons (Fsp3) is 0.692. The molecule has 86 valence electrons. The third kappa shape index (κ3) is 5.95. The molecular formula is C13H23NS. The van der Waals surface area contributed by atoms with Crippen molar-refractivity contribution in [2.24, 2.45) is 0 Å². The van der Waals surface area contributed by atoms with Crippen LogP contribution in [0.5, 0.6) is 0 Å². The summed E-state index contributed by atoms with van der Waals surface area (Å²) in [5.41, 5.74) is 0.